The number of hydrogen-bond donors (Lipinski definition) is 0. The van der Waals surface area contributed by atoms with E-state index in [4.69, 9.17) is 4.98 Å². The molecule has 11 aromatic rings. The van der Waals surface area contributed by atoms with Crippen LogP contribution in [0.2, 0.25) is 0 Å². The predicted molar refractivity (Wildman–Crippen MR) is 216 cm³/mol. The van der Waals surface area contributed by atoms with E-state index in [9.17, 15) is 0 Å². The molecule has 236 valence electrons. The van der Waals surface area contributed by atoms with Gasteiger partial charge in [0.1, 0.15) is 5.01 Å². The number of benzene rings is 8. The third-order valence-corrected chi connectivity index (χ3v) is 12.0. The molecule has 3 heterocycles. The third kappa shape index (κ3) is 3.69. The Hall–Kier alpha value is -6.49. The second kappa shape index (κ2) is 10.0. The Morgan fingerprint density at radius 3 is 2.02 bits per heavy atom. The molecule has 0 unspecified atom stereocenters. The topological polar surface area (TPSA) is 22.8 Å². The molecule has 0 fully saturated rings. The number of para-hydroxylation sites is 2. The quantitative estimate of drug-likeness (QED) is 0.184. The van der Waals surface area contributed by atoms with Crippen LogP contribution in [0.15, 0.2) is 164 Å². The molecule has 0 aliphatic heterocycles. The average molecular weight is 666 g/mol. The molecule has 1 aliphatic rings. The van der Waals surface area contributed by atoms with Gasteiger partial charge in [-0.1, -0.05) is 115 Å². The minimum absolute atomic E-state index is 1.06. The Kier molecular flexibility index (Phi) is 5.38. The van der Waals surface area contributed by atoms with Gasteiger partial charge in [-0.2, -0.15) is 0 Å². The lowest BCUT2D eigenvalue weighted by molar-refractivity contribution is 1.17. The molecule has 8 aromatic carbocycles. The van der Waals surface area contributed by atoms with E-state index in [0.717, 1.165) is 27.6 Å². The Morgan fingerprint density at radius 2 is 1.14 bits per heavy atom. The first-order valence-electron chi connectivity index (χ1n) is 17.4. The molecule has 0 bridgehead atoms. The summed E-state index contributed by atoms with van der Waals surface area (Å²) in [7, 11) is 0. The van der Waals surface area contributed by atoms with E-state index in [2.05, 4.69) is 173 Å². The van der Waals surface area contributed by atoms with Gasteiger partial charge in [0.15, 0.2) is 0 Å². The predicted octanol–water partition coefficient (Wildman–Crippen LogP) is 13.0. The standard InChI is InChI=1S/C47H27N3S/c1-3-13-29(14-4-1)47-48-45-38-25-32(24-30-15-11-20-35(43(30)38)46(45)51-47)50-39-21-10-9-19-34(39)36-26-37-42(27-41(36)50)49(31-16-5-2-6-17-31)40-23-22-28-12-7-8-18-33(28)44(37)40/h1-27H. The van der Waals surface area contributed by atoms with Gasteiger partial charge in [-0.3, -0.25) is 0 Å². The number of aromatic nitrogens is 3. The van der Waals surface area contributed by atoms with Crippen molar-refractivity contribution in [1.29, 1.82) is 0 Å². The number of fused-ring (bicyclic) bond motifs is 11. The molecule has 0 saturated heterocycles. The fourth-order valence-electron chi connectivity index (χ4n) is 8.69. The minimum Gasteiger partial charge on any atom is -0.309 e. The second-order valence-electron chi connectivity index (χ2n) is 13.6. The van der Waals surface area contributed by atoms with Crippen LogP contribution in [0.3, 0.4) is 0 Å². The summed E-state index contributed by atoms with van der Waals surface area (Å²) in [5.74, 6) is 0. The van der Waals surface area contributed by atoms with Crippen LogP contribution in [0, 0.1) is 0 Å². The molecule has 0 amide bonds. The lowest BCUT2D eigenvalue weighted by atomic mass is 10.0. The first-order valence-corrected chi connectivity index (χ1v) is 18.2. The molecule has 0 N–H and O–H groups in total. The maximum absolute atomic E-state index is 5.29. The maximum atomic E-state index is 5.29. The van der Waals surface area contributed by atoms with Crippen molar-refractivity contribution >= 4 is 76.5 Å². The molecule has 0 saturated carbocycles. The van der Waals surface area contributed by atoms with Gasteiger partial charge in [-0.05, 0) is 70.1 Å². The fraction of sp³-hybridized carbons (Fsp3) is 0. The molecule has 0 radical (unpaired) electrons. The largest absolute Gasteiger partial charge is 0.309 e. The van der Waals surface area contributed by atoms with E-state index in [0.29, 0.717) is 0 Å². The van der Waals surface area contributed by atoms with Gasteiger partial charge in [-0.25, -0.2) is 4.98 Å². The molecule has 0 atom stereocenters. The van der Waals surface area contributed by atoms with Crippen LogP contribution in [0.5, 0.6) is 0 Å². The van der Waals surface area contributed by atoms with E-state index in [-0.39, 0.29) is 0 Å². The zero-order valence-electron chi connectivity index (χ0n) is 27.3. The fourth-order valence-corrected chi connectivity index (χ4v) is 9.81. The average Bonchev–Trinajstić information content (AvgIpc) is 3.93. The van der Waals surface area contributed by atoms with Crippen molar-refractivity contribution in [1.82, 2.24) is 14.1 Å². The Morgan fingerprint density at radius 1 is 0.412 bits per heavy atom. The smallest absolute Gasteiger partial charge is 0.124 e. The maximum Gasteiger partial charge on any atom is 0.124 e. The minimum atomic E-state index is 1.06. The number of nitrogens with zero attached hydrogens (tertiary/aromatic N) is 3. The van der Waals surface area contributed by atoms with Crippen molar-refractivity contribution in [3.8, 4) is 43.6 Å². The molecular weight excluding hydrogens is 639 g/mol. The van der Waals surface area contributed by atoms with Crippen molar-refractivity contribution in [2.24, 2.45) is 0 Å². The van der Waals surface area contributed by atoms with E-state index >= 15 is 0 Å². The molecule has 0 spiro atoms. The molecule has 1 aliphatic carbocycles. The SMILES string of the molecule is c1ccc(-c2nc3c(s2)-c2cccc4cc(-n5c6ccccc6c6cc7c8c9ccccc9ccc8n(-c8ccccc8)c7cc65)cc-3c24)cc1. The molecule has 3 nitrogen and oxygen atoms in total. The highest BCUT2D eigenvalue weighted by molar-refractivity contribution is 7.19. The van der Waals surface area contributed by atoms with Crippen LogP contribution in [0.4, 0.5) is 0 Å². The Labute approximate surface area is 296 Å². The van der Waals surface area contributed by atoms with Gasteiger partial charge in [0.25, 0.3) is 0 Å². The van der Waals surface area contributed by atoms with E-state index < -0.39 is 0 Å². The summed E-state index contributed by atoms with van der Waals surface area (Å²) in [5.41, 5.74) is 11.9. The lowest BCUT2D eigenvalue weighted by Crippen LogP contribution is -1.96. The molecule has 3 aromatic heterocycles. The van der Waals surface area contributed by atoms with Crippen molar-refractivity contribution in [2.45, 2.75) is 0 Å². The summed E-state index contributed by atoms with van der Waals surface area (Å²) in [6.45, 7) is 0. The van der Waals surface area contributed by atoms with Crippen molar-refractivity contribution in [3.05, 3.63) is 164 Å². The van der Waals surface area contributed by atoms with Gasteiger partial charge in [-0.15, -0.1) is 11.3 Å². The first kappa shape index (κ1) is 27.3. The summed E-state index contributed by atoms with van der Waals surface area (Å²) >= 11 is 1.80. The lowest BCUT2D eigenvalue weighted by Gasteiger charge is -2.12. The van der Waals surface area contributed by atoms with Crippen LogP contribution in [-0.2, 0) is 0 Å². The molecule has 12 rings (SSSR count). The molecular formula is C47H27N3S. The van der Waals surface area contributed by atoms with Crippen LogP contribution in [0.1, 0.15) is 0 Å². The second-order valence-corrected chi connectivity index (χ2v) is 14.5. The summed E-state index contributed by atoms with van der Waals surface area (Å²) in [5, 5.41) is 11.2. The summed E-state index contributed by atoms with van der Waals surface area (Å²) in [4.78, 5) is 6.55. The van der Waals surface area contributed by atoms with E-state index in [1.165, 1.54) is 81.2 Å². The molecule has 4 heteroatoms. The number of rotatable bonds is 3. The zero-order valence-corrected chi connectivity index (χ0v) is 28.2. The highest BCUT2D eigenvalue weighted by Crippen LogP contribution is 2.52. The van der Waals surface area contributed by atoms with Crippen LogP contribution < -0.4 is 0 Å². The number of hydrogen-bond acceptors (Lipinski definition) is 2. The zero-order chi connectivity index (χ0) is 33.2. The Bertz CT molecular complexity index is 3240. The van der Waals surface area contributed by atoms with Gasteiger partial charge < -0.3 is 9.13 Å². The third-order valence-electron chi connectivity index (χ3n) is 10.8. The van der Waals surface area contributed by atoms with Crippen molar-refractivity contribution in [2.75, 3.05) is 0 Å². The number of thiazole rings is 1. The van der Waals surface area contributed by atoms with Crippen molar-refractivity contribution in [3.63, 3.8) is 0 Å². The van der Waals surface area contributed by atoms with Gasteiger partial charge in [0, 0.05) is 49.6 Å². The highest BCUT2D eigenvalue weighted by atomic mass is 32.1. The first-order chi connectivity index (χ1) is 25.3. The van der Waals surface area contributed by atoms with E-state index in [1.54, 1.807) is 11.3 Å². The highest BCUT2D eigenvalue weighted by Gasteiger charge is 2.28. The van der Waals surface area contributed by atoms with Crippen LogP contribution in [-0.4, -0.2) is 14.1 Å². The summed E-state index contributed by atoms with van der Waals surface area (Å²) < 4.78 is 4.91. The van der Waals surface area contributed by atoms with Crippen LogP contribution >= 0.6 is 11.3 Å². The van der Waals surface area contributed by atoms with Gasteiger partial charge >= 0.3 is 0 Å². The van der Waals surface area contributed by atoms with Crippen LogP contribution in [0.25, 0.3) is 109 Å². The summed E-state index contributed by atoms with van der Waals surface area (Å²) in [6.07, 6.45) is 0. The normalized spacial score (nSPS) is 12.3. The summed E-state index contributed by atoms with van der Waals surface area (Å²) in [6, 6.07) is 59.8. The molecule has 51 heavy (non-hydrogen) atoms. The Balaban J connectivity index is 1.19. The monoisotopic (exact) mass is 665 g/mol. The van der Waals surface area contributed by atoms with Gasteiger partial charge in [0.05, 0.1) is 32.6 Å². The van der Waals surface area contributed by atoms with E-state index in [1.807, 2.05) is 0 Å². The van der Waals surface area contributed by atoms with Crippen molar-refractivity contribution < 1.29 is 0 Å². The van der Waals surface area contributed by atoms with Gasteiger partial charge in [0.2, 0.25) is 0 Å².